The fraction of sp³-hybridized carbons (Fsp3) is 0.450. The van der Waals surface area contributed by atoms with Crippen molar-refractivity contribution in [3.63, 3.8) is 0 Å². The molecule has 1 aliphatic heterocycles. The Bertz CT molecular complexity index is 737. The number of rotatable bonds is 5. The van der Waals surface area contributed by atoms with Gasteiger partial charge in [0.25, 0.3) is 0 Å². The molecule has 5 heteroatoms. The first-order valence-corrected chi connectivity index (χ1v) is 8.56. The maximum absolute atomic E-state index is 13.2. The normalized spacial score (nSPS) is 21.0. The Morgan fingerprint density at radius 2 is 2.12 bits per heavy atom. The van der Waals surface area contributed by atoms with Crippen molar-refractivity contribution in [1.29, 1.82) is 0 Å². The van der Waals surface area contributed by atoms with Crippen molar-refractivity contribution >= 4 is 5.78 Å². The van der Waals surface area contributed by atoms with Gasteiger partial charge in [0.05, 0.1) is 19.8 Å². The van der Waals surface area contributed by atoms with Gasteiger partial charge in [-0.3, -0.25) is 9.69 Å². The Kier molecular flexibility index (Phi) is 4.86. The lowest BCUT2D eigenvalue weighted by atomic mass is 9.77. The van der Waals surface area contributed by atoms with Crippen LogP contribution in [0.25, 0.3) is 0 Å². The van der Waals surface area contributed by atoms with E-state index in [1.165, 1.54) is 5.56 Å². The van der Waals surface area contributed by atoms with Gasteiger partial charge in [0.2, 0.25) is 0 Å². The summed E-state index contributed by atoms with van der Waals surface area (Å²) in [5.41, 5.74) is 3.76. The number of ether oxygens (including phenoxy) is 2. The summed E-state index contributed by atoms with van der Waals surface area (Å²) in [6.07, 6.45) is 5.45. The lowest BCUT2D eigenvalue weighted by Gasteiger charge is -2.41. The van der Waals surface area contributed by atoms with Crippen molar-refractivity contribution in [2.45, 2.75) is 18.9 Å². The van der Waals surface area contributed by atoms with Crippen molar-refractivity contribution in [2.24, 2.45) is 0 Å². The van der Waals surface area contributed by atoms with Gasteiger partial charge in [0.1, 0.15) is 0 Å². The van der Waals surface area contributed by atoms with Gasteiger partial charge in [-0.1, -0.05) is 6.08 Å². The smallest absolute Gasteiger partial charge is 0.194 e. The number of benzene rings is 1. The first-order chi connectivity index (χ1) is 12.0. The van der Waals surface area contributed by atoms with Crippen LogP contribution >= 0.6 is 0 Å². The van der Waals surface area contributed by atoms with Crippen LogP contribution < -0.4 is 9.47 Å². The number of methoxy groups -OCH3 is 2. The molecule has 1 unspecified atom stereocenters. The highest BCUT2D eigenvalue weighted by molar-refractivity contribution is 6.13. The molecule has 1 heterocycles. The van der Waals surface area contributed by atoms with E-state index in [0.29, 0.717) is 23.5 Å². The fourth-order valence-corrected chi connectivity index (χ4v) is 3.98. The van der Waals surface area contributed by atoms with E-state index in [1.807, 2.05) is 37.3 Å². The van der Waals surface area contributed by atoms with E-state index in [9.17, 15) is 4.79 Å². The molecule has 1 aromatic carbocycles. The minimum absolute atomic E-state index is 0.0393. The third-order valence-electron chi connectivity index (χ3n) is 4.95. The molecular weight excluding hydrogens is 316 g/mol. The van der Waals surface area contributed by atoms with Crippen LogP contribution in [0.15, 0.2) is 30.5 Å². The highest BCUT2D eigenvalue weighted by atomic mass is 16.5. The molecule has 0 saturated carbocycles. The summed E-state index contributed by atoms with van der Waals surface area (Å²) < 4.78 is 11.1. The highest BCUT2D eigenvalue weighted by Crippen LogP contribution is 2.48. The minimum atomic E-state index is 0.0393. The zero-order chi connectivity index (χ0) is 18.1. The molecule has 0 bridgehead atoms. The zero-order valence-corrected chi connectivity index (χ0v) is 15.5. The van der Waals surface area contributed by atoms with Crippen molar-refractivity contribution in [2.75, 3.05) is 41.4 Å². The molecule has 0 radical (unpaired) electrons. The lowest BCUT2D eigenvalue weighted by Crippen LogP contribution is -2.40. The molecular formula is C20H26N2O3. The first kappa shape index (κ1) is 17.5. The van der Waals surface area contributed by atoms with E-state index in [-0.39, 0.29) is 11.8 Å². The minimum Gasteiger partial charge on any atom is -0.493 e. The summed E-state index contributed by atoms with van der Waals surface area (Å²) in [5, 5.41) is 0. The van der Waals surface area contributed by atoms with Crippen LogP contribution in [0.2, 0.25) is 0 Å². The van der Waals surface area contributed by atoms with E-state index in [0.717, 1.165) is 30.6 Å². The molecule has 0 saturated heterocycles. The number of hydrogen-bond acceptors (Lipinski definition) is 5. The molecule has 1 aliphatic carbocycles. The molecule has 3 rings (SSSR count). The van der Waals surface area contributed by atoms with E-state index < -0.39 is 0 Å². The molecule has 25 heavy (non-hydrogen) atoms. The molecule has 5 nitrogen and oxygen atoms in total. The van der Waals surface area contributed by atoms with Gasteiger partial charge >= 0.3 is 0 Å². The third kappa shape index (κ3) is 2.93. The summed E-state index contributed by atoms with van der Waals surface area (Å²) in [7, 11) is 7.08. The topological polar surface area (TPSA) is 42.0 Å². The van der Waals surface area contributed by atoms with Crippen LogP contribution in [0, 0.1) is 0 Å². The Labute approximate surface area is 149 Å². The largest absolute Gasteiger partial charge is 0.493 e. The van der Waals surface area contributed by atoms with E-state index in [1.54, 1.807) is 14.2 Å². The number of hydrogen-bond donors (Lipinski definition) is 0. The summed E-state index contributed by atoms with van der Waals surface area (Å²) in [4.78, 5) is 17.5. The number of ketones is 1. The first-order valence-electron chi connectivity index (χ1n) is 8.56. The standard InChI is InChI=1S/C20H26N2O3/c1-6-8-22-9-7-13-11-16(24-4)20(25-5)18-17(13)15(22)10-14(19(18)23)12-21(2)3/h6,11-12,15H,1,7-10H2,2-5H3/b14-12+. The molecule has 2 aliphatic rings. The Hall–Kier alpha value is -2.27. The number of carbonyl (C=O) groups excluding carboxylic acids is 1. The van der Waals surface area contributed by atoms with E-state index in [2.05, 4.69) is 11.5 Å². The number of Topliss-reactive ketones (excluding diaryl/α,β-unsaturated/α-hetero) is 1. The van der Waals surface area contributed by atoms with Crippen molar-refractivity contribution in [3.8, 4) is 11.5 Å². The summed E-state index contributed by atoms with van der Waals surface area (Å²) in [5.74, 6) is 1.21. The van der Waals surface area contributed by atoms with Crippen LogP contribution in [-0.4, -0.2) is 57.0 Å². The molecule has 134 valence electrons. The van der Waals surface area contributed by atoms with E-state index >= 15 is 0 Å². The Balaban J connectivity index is 2.25. The number of nitrogens with zero attached hydrogens (tertiary/aromatic N) is 2. The average molecular weight is 342 g/mol. The quantitative estimate of drug-likeness (QED) is 0.608. The second kappa shape index (κ2) is 6.92. The predicted molar refractivity (Wildman–Crippen MR) is 98.5 cm³/mol. The zero-order valence-electron chi connectivity index (χ0n) is 15.5. The SMILES string of the molecule is C=CCN1CCc2cc(OC)c(OC)c3c2C1C/C(=C\N(C)C)C3=O. The average Bonchev–Trinajstić information content (AvgIpc) is 2.59. The van der Waals surface area contributed by atoms with Gasteiger partial charge in [-0.15, -0.1) is 6.58 Å². The van der Waals surface area contributed by atoms with E-state index in [4.69, 9.17) is 9.47 Å². The molecule has 0 spiro atoms. The van der Waals surface area contributed by atoms with Gasteiger partial charge in [-0.05, 0) is 30.0 Å². The van der Waals surface area contributed by atoms with Gasteiger partial charge in [-0.25, -0.2) is 0 Å². The molecule has 0 N–H and O–H groups in total. The van der Waals surface area contributed by atoms with Crippen LogP contribution in [0.3, 0.4) is 0 Å². The molecule has 1 atom stereocenters. The van der Waals surface area contributed by atoms with Crippen molar-refractivity contribution < 1.29 is 14.3 Å². The Morgan fingerprint density at radius 3 is 2.72 bits per heavy atom. The summed E-state index contributed by atoms with van der Waals surface area (Å²) in [6.45, 7) is 5.64. The fourth-order valence-electron chi connectivity index (χ4n) is 3.98. The molecule has 0 aromatic heterocycles. The van der Waals surface area contributed by atoms with Gasteiger partial charge in [0.15, 0.2) is 17.3 Å². The molecule has 0 fully saturated rings. The van der Waals surface area contributed by atoms with Crippen molar-refractivity contribution in [1.82, 2.24) is 9.80 Å². The monoisotopic (exact) mass is 342 g/mol. The van der Waals surface area contributed by atoms with Gasteiger partial charge in [0, 0.05) is 45.0 Å². The van der Waals surface area contributed by atoms with Crippen LogP contribution in [0.5, 0.6) is 11.5 Å². The van der Waals surface area contributed by atoms with Crippen molar-refractivity contribution in [3.05, 3.63) is 47.2 Å². The summed E-state index contributed by atoms with van der Waals surface area (Å²) >= 11 is 0. The maximum Gasteiger partial charge on any atom is 0.194 e. The highest BCUT2D eigenvalue weighted by Gasteiger charge is 2.40. The predicted octanol–water partition coefficient (Wildman–Crippen LogP) is 2.82. The third-order valence-corrected chi connectivity index (χ3v) is 4.95. The van der Waals surface area contributed by atoms with Gasteiger partial charge < -0.3 is 14.4 Å². The van der Waals surface area contributed by atoms with Crippen LogP contribution in [0.1, 0.15) is 33.9 Å². The van der Waals surface area contributed by atoms with Crippen LogP contribution in [-0.2, 0) is 6.42 Å². The maximum atomic E-state index is 13.2. The van der Waals surface area contributed by atoms with Gasteiger partial charge in [-0.2, -0.15) is 0 Å². The summed E-state index contributed by atoms with van der Waals surface area (Å²) in [6, 6.07) is 2.20. The second-order valence-electron chi connectivity index (χ2n) is 6.76. The Morgan fingerprint density at radius 1 is 1.36 bits per heavy atom. The van der Waals surface area contributed by atoms with Crippen LogP contribution in [0.4, 0.5) is 0 Å². The lowest BCUT2D eigenvalue weighted by molar-refractivity contribution is 0.0987. The number of carbonyl (C=O) groups is 1. The molecule has 1 aromatic rings. The molecule has 0 amide bonds. The second-order valence-corrected chi connectivity index (χ2v) is 6.76.